The molecule has 0 aliphatic carbocycles. The number of amides is 2. The molecule has 1 atom stereocenters. The van der Waals surface area contributed by atoms with Crippen molar-refractivity contribution in [2.24, 2.45) is 0 Å². The van der Waals surface area contributed by atoms with Crippen LogP contribution in [0.15, 0.2) is 73.6 Å². The van der Waals surface area contributed by atoms with Crippen molar-refractivity contribution in [1.82, 2.24) is 24.3 Å². The zero-order valence-electron chi connectivity index (χ0n) is 19.1. The number of fused-ring (bicyclic) bond motifs is 1. The lowest BCUT2D eigenvalue weighted by Crippen LogP contribution is -2.38. The monoisotopic (exact) mass is 467 g/mol. The molecule has 4 aromatic rings. The second-order valence-electron chi connectivity index (χ2n) is 8.42. The van der Waals surface area contributed by atoms with Gasteiger partial charge in [0.25, 0.3) is 5.91 Å². The highest BCUT2D eigenvalue weighted by Crippen LogP contribution is 2.34. The standard InChI is InChI=1S/C26H25N7O2/c1-2-22(34)32-14-6-9-19(16-32)23-20-11-13-29-26(27)33(20)24(31-23)18-10-12-28-21(15-18)30-25(35)17-7-4-3-5-8-17/h2-5,7-8,10-13,15,19H,1,6,9,14,16H2,(H2,27,29)(H,28,30,35). The number of benzene rings is 1. The molecular formula is C26H25N7O2. The van der Waals surface area contributed by atoms with Crippen LogP contribution in [0.1, 0.15) is 34.8 Å². The third-order valence-electron chi connectivity index (χ3n) is 6.20. The van der Waals surface area contributed by atoms with Gasteiger partial charge in [-0.2, -0.15) is 0 Å². The van der Waals surface area contributed by atoms with Crippen LogP contribution in [0.4, 0.5) is 11.8 Å². The molecule has 1 aliphatic rings. The minimum absolute atomic E-state index is 0.0530. The molecule has 3 N–H and O–H groups in total. The van der Waals surface area contributed by atoms with Gasteiger partial charge in [-0.15, -0.1) is 0 Å². The van der Waals surface area contributed by atoms with Gasteiger partial charge in [0.1, 0.15) is 11.6 Å². The van der Waals surface area contributed by atoms with E-state index in [9.17, 15) is 9.59 Å². The summed E-state index contributed by atoms with van der Waals surface area (Å²) >= 11 is 0. The molecular weight excluding hydrogens is 442 g/mol. The van der Waals surface area contributed by atoms with Crippen LogP contribution >= 0.6 is 0 Å². The summed E-state index contributed by atoms with van der Waals surface area (Å²) in [4.78, 5) is 40.2. The molecule has 9 heteroatoms. The fourth-order valence-electron chi connectivity index (χ4n) is 4.52. The summed E-state index contributed by atoms with van der Waals surface area (Å²) in [6.07, 6.45) is 6.42. The van der Waals surface area contributed by atoms with Gasteiger partial charge in [0.15, 0.2) is 0 Å². The summed E-state index contributed by atoms with van der Waals surface area (Å²) in [6.45, 7) is 4.89. The zero-order chi connectivity index (χ0) is 24.4. The first-order valence-corrected chi connectivity index (χ1v) is 11.4. The molecule has 5 rings (SSSR count). The topological polar surface area (TPSA) is 119 Å². The average molecular weight is 468 g/mol. The molecule has 1 fully saturated rings. The number of nitrogen functional groups attached to an aromatic ring is 1. The number of rotatable bonds is 5. The Hall–Kier alpha value is -4.53. The molecule has 4 heterocycles. The highest BCUT2D eigenvalue weighted by molar-refractivity contribution is 6.03. The summed E-state index contributed by atoms with van der Waals surface area (Å²) in [5.41, 5.74) is 9.26. The highest BCUT2D eigenvalue weighted by Gasteiger charge is 2.28. The Bertz CT molecular complexity index is 1410. The van der Waals surface area contributed by atoms with Crippen molar-refractivity contribution in [1.29, 1.82) is 0 Å². The van der Waals surface area contributed by atoms with Crippen molar-refractivity contribution in [3.8, 4) is 11.4 Å². The molecule has 0 saturated carbocycles. The highest BCUT2D eigenvalue weighted by atomic mass is 16.2. The molecule has 0 bridgehead atoms. The van der Waals surface area contributed by atoms with E-state index in [0.717, 1.165) is 29.6 Å². The van der Waals surface area contributed by atoms with Crippen LogP contribution in [0.25, 0.3) is 16.9 Å². The number of nitrogens with zero attached hydrogens (tertiary/aromatic N) is 5. The van der Waals surface area contributed by atoms with E-state index in [2.05, 4.69) is 21.9 Å². The molecule has 1 unspecified atom stereocenters. The zero-order valence-corrected chi connectivity index (χ0v) is 19.1. The minimum atomic E-state index is -0.251. The van der Waals surface area contributed by atoms with E-state index >= 15 is 0 Å². The summed E-state index contributed by atoms with van der Waals surface area (Å²) in [7, 11) is 0. The fourth-order valence-corrected chi connectivity index (χ4v) is 4.52. The van der Waals surface area contributed by atoms with Crippen molar-refractivity contribution in [2.75, 3.05) is 24.1 Å². The smallest absolute Gasteiger partial charge is 0.256 e. The molecule has 3 aromatic heterocycles. The summed E-state index contributed by atoms with van der Waals surface area (Å²) in [6, 6.07) is 14.4. The number of hydrogen-bond donors (Lipinski definition) is 2. The quantitative estimate of drug-likeness (QED) is 0.434. The molecule has 0 spiro atoms. The number of likely N-dealkylation sites (tertiary alicyclic amines) is 1. The average Bonchev–Trinajstić information content (AvgIpc) is 3.30. The van der Waals surface area contributed by atoms with Gasteiger partial charge in [0.05, 0.1) is 11.2 Å². The van der Waals surface area contributed by atoms with Gasteiger partial charge >= 0.3 is 0 Å². The molecule has 35 heavy (non-hydrogen) atoms. The lowest BCUT2D eigenvalue weighted by atomic mass is 9.94. The molecule has 176 valence electrons. The normalized spacial score (nSPS) is 15.7. The van der Waals surface area contributed by atoms with E-state index in [1.54, 1.807) is 35.5 Å². The van der Waals surface area contributed by atoms with Crippen molar-refractivity contribution in [3.05, 3.63) is 84.8 Å². The predicted octanol–water partition coefficient (Wildman–Crippen LogP) is 3.52. The number of anilines is 2. The van der Waals surface area contributed by atoms with Crippen LogP contribution in [-0.4, -0.2) is 49.2 Å². The number of carbonyl (C=O) groups is 2. The summed E-state index contributed by atoms with van der Waals surface area (Å²) < 4.78 is 1.81. The Morgan fingerprint density at radius 3 is 2.71 bits per heavy atom. The van der Waals surface area contributed by atoms with Crippen LogP contribution in [0.5, 0.6) is 0 Å². The Morgan fingerprint density at radius 1 is 1.11 bits per heavy atom. The summed E-state index contributed by atoms with van der Waals surface area (Å²) in [5.74, 6) is 1.03. The molecule has 2 amide bonds. The van der Waals surface area contributed by atoms with Crippen molar-refractivity contribution in [3.63, 3.8) is 0 Å². The van der Waals surface area contributed by atoms with E-state index in [-0.39, 0.29) is 17.7 Å². The predicted molar refractivity (Wildman–Crippen MR) is 134 cm³/mol. The van der Waals surface area contributed by atoms with Crippen molar-refractivity contribution in [2.45, 2.75) is 18.8 Å². The van der Waals surface area contributed by atoms with E-state index in [1.807, 2.05) is 34.7 Å². The molecule has 1 aromatic carbocycles. The van der Waals surface area contributed by atoms with Gasteiger partial charge in [-0.25, -0.2) is 15.0 Å². The van der Waals surface area contributed by atoms with Gasteiger partial charge in [0, 0.05) is 42.5 Å². The molecule has 9 nitrogen and oxygen atoms in total. The van der Waals surface area contributed by atoms with Gasteiger partial charge < -0.3 is 16.0 Å². The number of pyridine rings is 1. The number of carbonyl (C=O) groups excluding carboxylic acids is 2. The first kappa shape index (κ1) is 22.3. The number of imidazole rings is 1. The van der Waals surface area contributed by atoms with E-state index in [1.165, 1.54) is 6.08 Å². The Labute approximate surface area is 202 Å². The fraction of sp³-hybridized carbons (Fsp3) is 0.192. The molecule has 0 radical (unpaired) electrons. The van der Waals surface area contributed by atoms with Crippen LogP contribution in [-0.2, 0) is 4.79 Å². The lowest BCUT2D eigenvalue weighted by Gasteiger charge is -2.31. The Morgan fingerprint density at radius 2 is 1.91 bits per heavy atom. The number of piperidine rings is 1. The first-order chi connectivity index (χ1) is 17.0. The van der Waals surface area contributed by atoms with Gasteiger partial charge in [-0.3, -0.25) is 14.0 Å². The Balaban J connectivity index is 1.52. The maximum Gasteiger partial charge on any atom is 0.256 e. The molecule has 1 saturated heterocycles. The SMILES string of the molecule is C=CC(=O)N1CCCC(c2nc(-c3ccnc(NC(=O)c4ccccc4)c3)n3c(N)nccc23)C1. The van der Waals surface area contributed by atoms with Gasteiger partial charge in [0.2, 0.25) is 11.9 Å². The maximum absolute atomic E-state index is 12.6. The number of hydrogen-bond acceptors (Lipinski definition) is 6. The van der Waals surface area contributed by atoms with Crippen LogP contribution in [0, 0.1) is 0 Å². The lowest BCUT2D eigenvalue weighted by molar-refractivity contribution is -0.127. The minimum Gasteiger partial charge on any atom is -0.369 e. The number of nitrogens with two attached hydrogens (primary N) is 1. The van der Waals surface area contributed by atoms with Crippen LogP contribution in [0.2, 0.25) is 0 Å². The van der Waals surface area contributed by atoms with E-state index in [0.29, 0.717) is 36.2 Å². The maximum atomic E-state index is 12.6. The number of aromatic nitrogens is 4. The van der Waals surface area contributed by atoms with Crippen molar-refractivity contribution < 1.29 is 9.59 Å². The van der Waals surface area contributed by atoms with E-state index in [4.69, 9.17) is 10.7 Å². The second-order valence-corrected chi connectivity index (χ2v) is 8.42. The third kappa shape index (κ3) is 4.35. The van der Waals surface area contributed by atoms with Gasteiger partial charge in [-0.05, 0) is 49.2 Å². The number of nitrogens with one attached hydrogen (secondary N) is 1. The molecule has 1 aliphatic heterocycles. The Kier molecular flexibility index (Phi) is 5.97. The largest absolute Gasteiger partial charge is 0.369 e. The second kappa shape index (κ2) is 9.38. The van der Waals surface area contributed by atoms with E-state index < -0.39 is 0 Å². The van der Waals surface area contributed by atoms with Crippen LogP contribution in [0.3, 0.4) is 0 Å². The summed E-state index contributed by atoms with van der Waals surface area (Å²) in [5, 5.41) is 2.84. The van der Waals surface area contributed by atoms with Crippen LogP contribution < -0.4 is 11.1 Å². The van der Waals surface area contributed by atoms with Crippen molar-refractivity contribution >= 4 is 29.1 Å². The first-order valence-electron chi connectivity index (χ1n) is 11.4. The van der Waals surface area contributed by atoms with Gasteiger partial charge in [-0.1, -0.05) is 24.8 Å². The third-order valence-corrected chi connectivity index (χ3v) is 6.20.